The summed E-state index contributed by atoms with van der Waals surface area (Å²) in [5, 5.41) is 69.2. The summed E-state index contributed by atoms with van der Waals surface area (Å²) in [6, 6.07) is 0.989. The fourth-order valence-corrected chi connectivity index (χ4v) is 42.0. The summed E-state index contributed by atoms with van der Waals surface area (Å²) in [6.45, 7) is 58.2. The number of hydrogen-bond donors (Lipinski definition) is 9. The van der Waals surface area contributed by atoms with Gasteiger partial charge in [0.15, 0.2) is 5.78 Å². The first kappa shape index (κ1) is 115. The van der Waals surface area contributed by atoms with Gasteiger partial charge in [-0.1, -0.05) is 183 Å². The number of allylic oxidation sites excluding steroid dienone is 3. The molecule has 17 fully saturated rings. The van der Waals surface area contributed by atoms with Gasteiger partial charge in [-0.15, -0.1) is 0 Å². The molecule has 0 aromatic carbocycles. The first-order valence-corrected chi connectivity index (χ1v) is 60.4. The second kappa shape index (κ2) is 39.1. The highest BCUT2D eigenvalue weighted by Gasteiger charge is 2.89. The molecule has 3 amide bonds. The number of nitrogens with zero attached hydrogens (tertiary/aromatic N) is 3. The zero-order chi connectivity index (χ0) is 108. The van der Waals surface area contributed by atoms with Gasteiger partial charge in [0.1, 0.15) is 23.6 Å². The maximum Gasteiger partial charge on any atom is 0.264 e. The molecule has 24 heteroatoms. The fraction of sp³-hybridized carbons (Fsp3) is 0.910. The van der Waals surface area contributed by atoms with E-state index in [1.807, 2.05) is 41.5 Å². The van der Waals surface area contributed by atoms with Gasteiger partial charge in [0.2, 0.25) is 17.7 Å². The molecule has 19 rings (SSSR count). The van der Waals surface area contributed by atoms with Crippen LogP contribution in [0.4, 0.5) is 0 Å². The Hall–Kier alpha value is -3.92. The first-order valence-electron chi connectivity index (χ1n) is 58.6. The van der Waals surface area contributed by atoms with Crippen LogP contribution in [-0.4, -0.2) is 231 Å². The molecule has 0 bridgehead atoms. The summed E-state index contributed by atoms with van der Waals surface area (Å²) in [4.78, 5) is 102. The number of aliphatic hydroxyl groups excluding tert-OH is 5. The molecule has 146 heavy (non-hydrogen) atoms. The highest BCUT2D eigenvalue weighted by Crippen LogP contribution is 2.91. The number of fused-ring (bicyclic) bond motifs is 14. The van der Waals surface area contributed by atoms with Gasteiger partial charge >= 0.3 is 0 Å². The third-order valence-corrected chi connectivity index (χ3v) is 51.3. The monoisotopic (exact) mass is 2050 g/mol. The number of carbonyl (C=O) groups excluding carboxylic acids is 7. The van der Waals surface area contributed by atoms with Crippen LogP contribution in [0.5, 0.6) is 0 Å². The van der Waals surface area contributed by atoms with Crippen molar-refractivity contribution in [3.8, 4) is 0 Å². The van der Waals surface area contributed by atoms with Crippen molar-refractivity contribution >= 4 is 51.0 Å². The topological polar surface area (TPSA) is 331 Å². The van der Waals surface area contributed by atoms with Crippen molar-refractivity contribution in [2.24, 2.45) is 205 Å². The Morgan fingerprint density at radius 3 is 1.42 bits per heavy atom. The molecule has 17 unspecified atom stereocenters. The first-order chi connectivity index (χ1) is 67.6. The Kier molecular flexibility index (Phi) is 30.7. The quantitative estimate of drug-likeness (QED) is 0.0404. The van der Waals surface area contributed by atoms with Gasteiger partial charge in [0, 0.05) is 136 Å². The van der Waals surface area contributed by atoms with Gasteiger partial charge in [-0.05, 0) is 347 Å². The van der Waals surface area contributed by atoms with Crippen molar-refractivity contribution in [3.05, 3.63) is 23.3 Å². The zero-order valence-electron chi connectivity index (χ0n) is 96.9. The molecule has 19 aliphatic rings. The van der Waals surface area contributed by atoms with Crippen LogP contribution >= 0.6 is 0 Å². The predicted octanol–water partition coefficient (Wildman–Crippen LogP) is 18.1. The summed E-state index contributed by atoms with van der Waals surface area (Å²) in [6.07, 6.45) is 28.7. The second-order valence-electron chi connectivity index (χ2n) is 58.7. The second-order valence-corrected chi connectivity index (χ2v) is 60.4. The van der Waals surface area contributed by atoms with E-state index >= 15 is 0 Å². The molecule has 43 atom stereocenters. The zero-order valence-corrected chi connectivity index (χ0v) is 97.8. The highest BCUT2D eigenvalue weighted by atomic mass is 32.2. The van der Waals surface area contributed by atoms with Crippen LogP contribution in [-0.2, 0) is 52.6 Å². The number of nitrogens with one attached hydrogen (secondary N) is 4. The Bertz CT molecular complexity index is 5130. The van der Waals surface area contributed by atoms with E-state index in [9.17, 15) is 67.5 Å². The maximum absolute atomic E-state index is 14.6. The molecule has 0 aromatic rings. The number of ketones is 4. The van der Waals surface area contributed by atoms with Crippen molar-refractivity contribution in [1.82, 2.24) is 36.0 Å². The molecule has 1 aliphatic heterocycles. The summed E-state index contributed by atoms with van der Waals surface area (Å²) in [7, 11) is 9.02. The van der Waals surface area contributed by atoms with Gasteiger partial charge in [0.25, 0.3) is 10.1 Å². The van der Waals surface area contributed by atoms with E-state index in [-0.39, 0.29) is 233 Å². The van der Waals surface area contributed by atoms with Crippen LogP contribution in [0.3, 0.4) is 0 Å². The van der Waals surface area contributed by atoms with E-state index < -0.39 is 32.5 Å². The van der Waals surface area contributed by atoms with Crippen molar-refractivity contribution in [3.63, 3.8) is 0 Å². The number of aliphatic hydroxyl groups is 5. The van der Waals surface area contributed by atoms with Crippen LogP contribution in [0.2, 0.25) is 0 Å². The van der Waals surface area contributed by atoms with Gasteiger partial charge in [-0.2, -0.15) is 8.42 Å². The van der Waals surface area contributed by atoms with E-state index in [1.54, 1.807) is 0 Å². The van der Waals surface area contributed by atoms with E-state index in [2.05, 4.69) is 229 Å². The lowest BCUT2D eigenvalue weighted by Gasteiger charge is -2.63. The number of hydrogen-bond acceptors (Lipinski definition) is 20. The van der Waals surface area contributed by atoms with E-state index in [0.717, 1.165) is 166 Å². The molecule has 1 heterocycles. The average molecular weight is 2060 g/mol. The Morgan fingerprint density at radius 2 is 0.932 bits per heavy atom. The summed E-state index contributed by atoms with van der Waals surface area (Å²) >= 11 is 0. The Labute approximate surface area is 881 Å². The molecule has 9 N–H and O–H groups in total. The van der Waals surface area contributed by atoms with Crippen molar-refractivity contribution < 1.29 is 76.4 Å². The highest BCUT2D eigenvalue weighted by molar-refractivity contribution is 7.86. The fourth-order valence-electron chi connectivity index (χ4n) is 41.6. The van der Waals surface area contributed by atoms with Gasteiger partial charge in [0.05, 0.1) is 51.0 Å². The summed E-state index contributed by atoms with van der Waals surface area (Å²) in [5.41, 5.74) is -0.356. The molecule has 828 valence electrons. The largest absolute Gasteiger partial charge is 0.396 e. The van der Waals surface area contributed by atoms with Crippen LogP contribution in [0.25, 0.3) is 0 Å². The van der Waals surface area contributed by atoms with E-state index in [1.165, 1.54) is 5.57 Å². The molecule has 16 saturated carbocycles. The number of amides is 3. The summed E-state index contributed by atoms with van der Waals surface area (Å²) in [5.74, 6) is 6.13. The summed E-state index contributed by atoms with van der Waals surface area (Å²) < 4.78 is 36.3. The van der Waals surface area contributed by atoms with Gasteiger partial charge < -0.3 is 60.9 Å². The number of ether oxygens (including phenoxy) is 1. The minimum Gasteiger partial charge on any atom is -0.396 e. The van der Waals surface area contributed by atoms with Crippen molar-refractivity contribution in [2.45, 2.75) is 420 Å². The van der Waals surface area contributed by atoms with Crippen LogP contribution in [0.1, 0.15) is 353 Å². The maximum atomic E-state index is 14.6. The number of carbonyl (C=O) groups is 7. The van der Waals surface area contributed by atoms with Crippen LogP contribution in [0, 0.1) is 205 Å². The lowest BCUT2D eigenvalue weighted by Crippen LogP contribution is -2.64. The van der Waals surface area contributed by atoms with E-state index in [4.69, 9.17) is 8.92 Å². The lowest BCUT2D eigenvalue weighted by atomic mass is 9.41. The minimum atomic E-state index is -3.65. The van der Waals surface area contributed by atoms with Crippen molar-refractivity contribution in [2.75, 3.05) is 75.0 Å². The smallest absolute Gasteiger partial charge is 0.264 e. The van der Waals surface area contributed by atoms with Gasteiger partial charge in [-0.25, -0.2) is 0 Å². The normalized spacial score (nSPS) is 49.5. The lowest BCUT2D eigenvalue weighted by molar-refractivity contribution is -0.173. The number of Topliss-reactive ketones (excluding diaryl/α,β-unsaturated/α-hetero) is 4. The van der Waals surface area contributed by atoms with Crippen LogP contribution in [0.15, 0.2) is 23.3 Å². The molecular weight excluding hydrogens is 1850 g/mol. The molecule has 18 aliphatic carbocycles. The third-order valence-electron chi connectivity index (χ3n) is 50.8. The standard InChI is InChI=1S/C32H54N2O5S.C30H50N2O4.C30H50N2O3.C30H49NO4/c1-19(2)27(36)33-24-13-14-31-17-32(31)23(12-11-22(31)28(24,5)18-39-40(10,37)38)29(6)15-20(3)26(21(4)34(8)9)30(29,7)16-25(32)35;1-17(2)27(36)31-25-12-9-19-13-20-22(11-10-21(19)28(25,4)16-33)29(5)15-24(35)26(18(3)32(7)8)30(29,6)14-23(20)34;1-17(2)27-31-25-12-9-19-13-20-22(11-10-21(19)28(25,4)16-35-27)29(5)15-24(34)26(18(3)32(7)8)30(29,6)14-23(20)33;1-8-18(4)24-19(33)13-27(6)21-10-9-20-26(5,16-32)22(31-25(35)17(2)3)11-12-29(20)15-30(21,29)23(34)14-28(24,27)7/h19-24,26H,11-18H2,1-10H3,(H,33,36);13,17-19,21-22,24-26,33,35H,9-12,14-16H2,1-8H3,(H,31,36);9,17-18,20-22,24-27,31,34H,10-16H2,1-8H3;17-22,24,32-33H,8-16H2,1-7H3,(H,31,35)/t20-,21?,22?,23?,24+,26-,28+,29+,30-,31?,32+;18?,19?,21?,22?,24-,25+,26+,28+,29+,30-;18?,20?,21?,22?,24-,25+,26+,27?,28+,29+,30-;18?,19-,20?,21?,22+,24+,26+,27+,28-,29?,30+/m1111/s1. The van der Waals surface area contributed by atoms with Crippen molar-refractivity contribution in [1.29, 1.82) is 0 Å². The minimum absolute atomic E-state index is 0.0104. The molecule has 1 saturated heterocycles. The number of rotatable bonds is 20. The Balaban J connectivity index is 0.000000139. The van der Waals surface area contributed by atoms with Crippen LogP contribution < -0.4 is 21.3 Å². The molecule has 0 radical (unpaired) electrons. The predicted molar refractivity (Wildman–Crippen MR) is 575 cm³/mol. The SMILES string of the molecule is CC(C)C(=O)N[C@H]1CCC23C[C@]24C(=O)C[C@]2(C)[C@@H](C(C)N(C)C)[C@H](C)C[C@@]2(C)C4CCC3[C@]1(C)COS(C)(=O)=O.CC(C)C(=O)N[C@H]1CCC2C=C3C(=O)C[C@]4(C)[C@@H](C(C)N(C)C)[C@H](O)C[C@@]4(C)C3CCC2[C@]1(C)CO.CC(C)C1N[C@H]2CC=C3CC4C(=O)C[C@]5(C)[C@@H](C(C)N(C)C)[C@H](O)C[C@@]5(C)C4CCC3[C@]2(C)CO1.CCC(C)[C@H]1[C@H](O)C[C@@]2(C)C3CCC4C5(CC[C@H](NC(=O)C(C)C)[C@@]4(C)CO)C[C@@]35C(=O)C[C@]12C. The van der Waals surface area contributed by atoms with Gasteiger partial charge in [-0.3, -0.25) is 43.1 Å². The van der Waals surface area contributed by atoms with E-state index in [0.29, 0.717) is 102 Å². The average Bonchev–Trinajstić information content (AvgIpc) is 1.45. The molecule has 0 aromatic heterocycles. The molecular formula is C122H203N7O16S. The third kappa shape index (κ3) is 16.8. The molecule has 23 nitrogen and oxygen atoms in total. The Morgan fingerprint density at radius 1 is 0.500 bits per heavy atom. The molecule has 4 spiro atoms.